The Morgan fingerprint density at radius 1 is 0.966 bits per heavy atom. The summed E-state index contributed by atoms with van der Waals surface area (Å²) in [6.07, 6.45) is 1.27. The molecule has 0 spiro atoms. The largest absolute Gasteiger partial charge is 0.294 e. The molecule has 2 aliphatic rings. The highest BCUT2D eigenvalue weighted by Gasteiger charge is 2.43. The summed E-state index contributed by atoms with van der Waals surface area (Å²) in [5, 5.41) is 4.43. The second-order valence-corrected chi connectivity index (χ2v) is 8.62. The summed E-state index contributed by atoms with van der Waals surface area (Å²) in [7, 11) is 3.66. The summed E-state index contributed by atoms with van der Waals surface area (Å²) < 4.78 is 0. The predicted molar refractivity (Wildman–Crippen MR) is 115 cm³/mol. The topological polar surface area (TPSA) is 40.6 Å². The van der Waals surface area contributed by atoms with Gasteiger partial charge in [0.2, 0.25) is 5.91 Å². The highest BCUT2D eigenvalue weighted by Crippen LogP contribution is 2.47. The Bertz CT molecular complexity index is 1000. The zero-order chi connectivity index (χ0) is 20.7. The molecule has 1 aliphatic heterocycles. The zero-order valence-corrected chi connectivity index (χ0v) is 17.9. The quantitative estimate of drug-likeness (QED) is 0.675. The Balaban J connectivity index is 1.83. The van der Waals surface area contributed by atoms with E-state index in [1.165, 1.54) is 0 Å². The van der Waals surface area contributed by atoms with Gasteiger partial charge in [-0.3, -0.25) is 9.59 Å². The molecule has 0 N–H and O–H groups in total. The van der Waals surface area contributed by atoms with Crippen LogP contribution in [0.25, 0.3) is 0 Å². The van der Waals surface area contributed by atoms with Crippen LogP contribution < -0.4 is 0 Å². The van der Waals surface area contributed by atoms with Crippen LogP contribution in [-0.2, 0) is 9.59 Å². The third-order valence-corrected chi connectivity index (χ3v) is 6.27. The zero-order valence-electron chi connectivity index (χ0n) is 16.4. The van der Waals surface area contributed by atoms with Crippen molar-refractivity contribution in [1.82, 2.24) is 10.0 Å². The van der Waals surface area contributed by atoms with E-state index in [2.05, 4.69) is 0 Å². The predicted octanol–water partition coefficient (Wildman–Crippen LogP) is 5.19. The van der Waals surface area contributed by atoms with E-state index in [1.807, 2.05) is 50.5 Å². The van der Waals surface area contributed by atoms with Gasteiger partial charge in [-0.25, -0.2) is 10.0 Å². The van der Waals surface area contributed by atoms with Crippen molar-refractivity contribution in [2.75, 3.05) is 14.1 Å². The van der Waals surface area contributed by atoms with Gasteiger partial charge in [-0.1, -0.05) is 59.6 Å². The number of carbonyl (C=O) groups excluding carboxylic acids is 2. The lowest BCUT2D eigenvalue weighted by atomic mass is 9.73. The Morgan fingerprint density at radius 3 is 2.34 bits per heavy atom. The minimum absolute atomic E-state index is 0.0359. The van der Waals surface area contributed by atoms with Crippen molar-refractivity contribution in [2.24, 2.45) is 0 Å². The minimum Gasteiger partial charge on any atom is -0.294 e. The number of ketones is 1. The molecule has 0 saturated carbocycles. The number of benzene rings is 2. The standard InChI is InChI=1S/C23H22Cl2N2O2/c1-26(2)27-20-10-15(14-6-4-3-5-7-14)11-21(28)23(20)18(13-22(27)29)17-9-8-16(24)12-19(17)25/h3-9,12,15,18H,10-11,13H2,1-2H3/t15-,18-/m1/s1. The number of allylic oxidation sites excluding steroid dienone is 2. The van der Waals surface area contributed by atoms with Gasteiger partial charge in [0.1, 0.15) is 0 Å². The second-order valence-electron chi connectivity index (χ2n) is 7.77. The van der Waals surface area contributed by atoms with Crippen LogP contribution in [0.3, 0.4) is 0 Å². The molecule has 4 rings (SSSR count). The number of carbonyl (C=O) groups is 2. The number of nitrogens with zero attached hydrogens (tertiary/aromatic N) is 2. The molecule has 2 aromatic carbocycles. The average molecular weight is 429 g/mol. The van der Waals surface area contributed by atoms with Gasteiger partial charge in [-0.15, -0.1) is 0 Å². The van der Waals surface area contributed by atoms with Crippen molar-refractivity contribution >= 4 is 34.9 Å². The van der Waals surface area contributed by atoms with Crippen LogP contribution in [0.5, 0.6) is 0 Å². The van der Waals surface area contributed by atoms with E-state index < -0.39 is 0 Å². The number of amides is 1. The van der Waals surface area contributed by atoms with Crippen LogP contribution in [0.4, 0.5) is 0 Å². The highest BCUT2D eigenvalue weighted by molar-refractivity contribution is 6.35. The Labute approximate surface area is 180 Å². The monoisotopic (exact) mass is 428 g/mol. The van der Waals surface area contributed by atoms with E-state index in [1.54, 1.807) is 22.2 Å². The normalized spacial score (nSPS) is 22.3. The second kappa shape index (κ2) is 7.94. The molecule has 1 heterocycles. The van der Waals surface area contributed by atoms with E-state index in [0.29, 0.717) is 28.5 Å². The Morgan fingerprint density at radius 2 is 1.69 bits per heavy atom. The molecule has 1 aliphatic carbocycles. The average Bonchev–Trinajstić information content (AvgIpc) is 2.67. The third kappa shape index (κ3) is 3.73. The SMILES string of the molecule is CN(C)N1C(=O)C[C@H](c2ccc(Cl)cc2Cl)C2=C1C[C@@H](c1ccccc1)CC2=O. The molecule has 150 valence electrons. The van der Waals surface area contributed by atoms with Gasteiger partial charge < -0.3 is 0 Å². The summed E-state index contributed by atoms with van der Waals surface area (Å²) in [5.41, 5.74) is 3.38. The third-order valence-electron chi connectivity index (χ3n) is 5.71. The summed E-state index contributed by atoms with van der Waals surface area (Å²) in [6.45, 7) is 0. The molecule has 0 radical (unpaired) electrons. The van der Waals surface area contributed by atoms with Crippen LogP contribution in [0.15, 0.2) is 59.8 Å². The Kier molecular flexibility index (Phi) is 5.52. The van der Waals surface area contributed by atoms with Gasteiger partial charge in [0, 0.05) is 54.2 Å². The number of rotatable bonds is 3. The number of hydrogen-bond donors (Lipinski definition) is 0. The number of halogens is 2. The molecule has 2 aromatic rings. The molecule has 0 fully saturated rings. The molecule has 29 heavy (non-hydrogen) atoms. The van der Waals surface area contributed by atoms with E-state index in [9.17, 15) is 9.59 Å². The molecular formula is C23H22Cl2N2O2. The van der Waals surface area contributed by atoms with Gasteiger partial charge in [-0.2, -0.15) is 0 Å². The summed E-state index contributed by atoms with van der Waals surface area (Å²) in [5.74, 6) is -0.249. The van der Waals surface area contributed by atoms with Gasteiger partial charge in [0.05, 0.1) is 0 Å². The molecule has 2 atom stereocenters. The lowest BCUT2D eigenvalue weighted by Gasteiger charge is -2.42. The lowest BCUT2D eigenvalue weighted by molar-refractivity contribution is -0.143. The smallest absolute Gasteiger partial charge is 0.242 e. The van der Waals surface area contributed by atoms with Crippen molar-refractivity contribution in [1.29, 1.82) is 0 Å². The van der Waals surface area contributed by atoms with Crippen molar-refractivity contribution in [3.05, 3.63) is 81.0 Å². The molecular weight excluding hydrogens is 407 g/mol. The van der Waals surface area contributed by atoms with Gasteiger partial charge in [-0.05, 0) is 35.6 Å². The molecule has 0 bridgehead atoms. The number of hydrogen-bond acceptors (Lipinski definition) is 3. The van der Waals surface area contributed by atoms with Crippen molar-refractivity contribution < 1.29 is 9.59 Å². The van der Waals surface area contributed by atoms with Crippen LogP contribution in [0.1, 0.15) is 42.2 Å². The first-order chi connectivity index (χ1) is 13.9. The first-order valence-corrected chi connectivity index (χ1v) is 10.4. The number of Topliss-reactive ketones (excluding diaryl/α,β-unsaturated/α-hetero) is 1. The fraction of sp³-hybridized carbons (Fsp3) is 0.304. The molecule has 0 saturated heterocycles. The molecule has 0 aromatic heterocycles. The van der Waals surface area contributed by atoms with E-state index in [0.717, 1.165) is 16.8 Å². The molecule has 0 unspecified atom stereocenters. The van der Waals surface area contributed by atoms with Crippen molar-refractivity contribution in [2.45, 2.75) is 31.1 Å². The maximum absolute atomic E-state index is 13.4. The first-order valence-electron chi connectivity index (χ1n) is 9.63. The number of hydrazine groups is 1. The van der Waals surface area contributed by atoms with Gasteiger partial charge >= 0.3 is 0 Å². The van der Waals surface area contributed by atoms with Crippen molar-refractivity contribution in [3.63, 3.8) is 0 Å². The first kappa shape index (κ1) is 20.1. The molecule has 4 nitrogen and oxygen atoms in total. The maximum atomic E-state index is 13.4. The highest BCUT2D eigenvalue weighted by atomic mass is 35.5. The molecule has 1 amide bonds. The van der Waals surface area contributed by atoms with Crippen LogP contribution >= 0.6 is 23.2 Å². The van der Waals surface area contributed by atoms with E-state index >= 15 is 0 Å². The summed E-state index contributed by atoms with van der Waals surface area (Å²) in [4.78, 5) is 26.4. The minimum atomic E-state index is -0.345. The van der Waals surface area contributed by atoms with Crippen LogP contribution in [0.2, 0.25) is 10.0 Å². The van der Waals surface area contributed by atoms with Crippen LogP contribution in [0, 0.1) is 0 Å². The van der Waals surface area contributed by atoms with Crippen molar-refractivity contribution in [3.8, 4) is 0 Å². The fourth-order valence-electron chi connectivity index (χ4n) is 4.49. The van der Waals surface area contributed by atoms with Gasteiger partial charge in [0.25, 0.3) is 0 Å². The Hall–Kier alpha value is -2.14. The van der Waals surface area contributed by atoms with E-state index in [4.69, 9.17) is 23.2 Å². The van der Waals surface area contributed by atoms with Crippen LogP contribution in [-0.4, -0.2) is 35.8 Å². The fourth-order valence-corrected chi connectivity index (χ4v) is 5.04. The van der Waals surface area contributed by atoms with Gasteiger partial charge in [0.15, 0.2) is 5.78 Å². The maximum Gasteiger partial charge on any atom is 0.242 e. The summed E-state index contributed by atoms with van der Waals surface area (Å²) in [6, 6.07) is 15.3. The summed E-state index contributed by atoms with van der Waals surface area (Å²) >= 11 is 12.5. The molecule has 6 heteroatoms. The lowest BCUT2D eigenvalue weighted by Crippen LogP contribution is -2.48. The van der Waals surface area contributed by atoms with E-state index in [-0.39, 0.29) is 29.9 Å².